The highest BCUT2D eigenvalue weighted by molar-refractivity contribution is 5.93. The van der Waals surface area contributed by atoms with E-state index in [2.05, 4.69) is 21.7 Å². The number of hydrogen-bond donors (Lipinski definition) is 2. The Morgan fingerprint density at radius 3 is 2.24 bits per heavy atom. The van der Waals surface area contributed by atoms with Crippen molar-refractivity contribution in [1.29, 1.82) is 0 Å². The number of methoxy groups -OCH3 is 3. The Morgan fingerprint density at radius 2 is 1.59 bits per heavy atom. The number of anilines is 1. The number of benzene rings is 2. The van der Waals surface area contributed by atoms with Crippen LogP contribution in [0.2, 0.25) is 0 Å². The monoisotopic (exact) mass is 401 g/mol. The van der Waals surface area contributed by atoms with E-state index in [1.165, 1.54) is 5.56 Å². The summed E-state index contributed by atoms with van der Waals surface area (Å²) in [5.74, 6) is 3.59. The van der Waals surface area contributed by atoms with E-state index >= 15 is 0 Å². The summed E-state index contributed by atoms with van der Waals surface area (Å²) < 4.78 is 21.6. The molecule has 0 fully saturated rings. The molecule has 0 aliphatic carbocycles. The van der Waals surface area contributed by atoms with E-state index in [4.69, 9.17) is 18.9 Å². The van der Waals surface area contributed by atoms with Crippen LogP contribution in [0.5, 0.6) is 23.0 Å². The van der Waals surface area contributed by atoms with Gasteiger partial charge in [-0.3, -0.25) is 4.99 Å². The third kappa shape index (κ3) is 6.48. The van der Waals surface area contributed by atoms with E-state index in [-0.39, 0.29) is 0 Å². The van der Waals surface area contributed by atoms with Crippen LogP contribution in [0.1, 0.15) is 18.9 Å². The van der Waals surface area contributed by atoms with Crippen LogP contribution in [0, 0.1) is 0 Å². The van der Waals surface area contributed by atoms with Crippen LogP contribution in [0.15, 0.2) is 41.4 Å². The Kier molecular flexibility index (Phi) is 8.95. The predicted octanol–water partition coefficient (Wildman–Crippen LogP) is 3.73. The van der Waals surface area contributed by atoms with Gasteiger partial charge < -0.3 is 29.6 Å². The van der Waals surface area contributed by atoms with Gasteiger partial charge in [0.15, 0.2) is 29.0 Å². The van der Waals surface area contributed by atoms with Crippen LogP contribution in [0.3, 0.4) is 0 Å². The molecule has 29 heavy (non-hydrogen) atoms. The van der Waals surface area contributed by atoms with Crippen LogP contribution < -0.4 is 29.6 Å². The van der Waals surface area contributed by atoms with Crippen molar-refractivity contribution in [2.24, 2.45) is 4.99 Å². The van der Waals surface area contributed by atoms with E-state index in [0.29, 0.717) is 24.1 Å². The first-order valence-electron chi connectivity index (χ1n) is 9.64. The lowest BCUT2D eigenvalue weighted by molar-refractivity contribution is 0.310. The second-order valence-electron chi connectivity index (χ2n) is 6.22. The Hall–Kier alpha value is -3.09. The summed E-state index contributed by atoms with van der Waals surface area (Å²) in [6.07, 6.45) is 1.87. The highest BCUT2D eigenvalue weighted by Gasteiger charge is 2.07. The lowest BCUT2D eigenvalue weighted by Crippen LogP contribution is -2.31. The highest BCUT2D eigenvalue weighted by atomic mass is 16.5. The van der Waals surface area contributed by atoms with Gasteiger partial charge in [0.2, 0.25) is 0 Å². The molecule has 0 amide bonds. The molecule has 0 aliphatic rings. The van der Waals surface area contributed by atoms with E-state index < -0.39 is 0 Å². The number of ether oxygens (including phenoxy) is 4. The van der Waals surface area contributed by atoms with Gasteiger partial charge in [-0.05, 0) is 49.6 Å². The average Bonchev–Trinajstić information content (AvgIpc) is 2.76. The van der Waals surface area contributed by atoms with E-state index in [0.717, 1.165) is 36.6 Å². The first kappa shape index (κ1) is 22.2. The summed E-state index contributed by atoms with van der Waals surface area (Å²) in [4.78, 5) is 4.27. The smallest absolute Gasteiger partial charge is 0.195 e. The zero-order valence-electron chi connectivity index (χ0n) is 17.9. The van der Waals surface area contributed by atoms with Crippen LogP contribution >= 0.6 is 0 Å². The Bertz CT molecular complexity index is 809. The number of nitrogens with zero attached hydrogens (tertiary/aromatic N) is 1. The van der Waals surface area contributed by atoms with E-state index in [1.807, 2.05) is 37.3 Å². The number of hydrogen-bond acceptors (Lipinski definition) is 5. The molecule has 2 aromatic rings. The third-order valence-corrected chi connectivity index (χ3v) is 4.33. The van der Waals surface area contributed by atoms with Crippen molar-refractivity contribution < 1.29 is 18.9 Å². The van der Waals surface area contributed by atoms with Gasteiger partial charge >= 0.3 is 0 Å². The average molecular weight is 402 g/mol. The molecule has 7 heteroatoms. The van der Waals surface area contributed by atoms with Crippen molar-refractivity contribution in [1.82, 2.24) is 5.32 Å². The van der Waals surface area contributed by atoms with Crippen molar-refractivity contribution in [3.05, 3.63) is 42.0 Å². The number of nitrogens with one attached hydrogen (secondary N) is 2. The summed E-state index contributed by atoms with van der Waals surface area (Å²) in [6, 6.07) is 11.7. The molecular weight excluding hydrogens is 370 g/mol. The quantitative estimate of drug-likeness (QED) is 0.359. The standard InChI is InChI=1S/C22H31N3O4/c1-6-29-21-14-16(9-11-19(21)27-4)8-7-13-24-22(23-2)25-17-10-12-18(26-3)20(15-17)28-5/h9-12,14-15H,6-8,13H2,1-5H3,(H2,23,24,25). The fourth-order valence-electron chi connectivity index (χ4n) is 2.87. The summed E-state index contributed by atoms with van der Waals surface area (Å²) in [5, 5.41) is 6.59. The zero-order valence-corrected chi connectivity index (χ0v) is 17.9. The highest BCUT2D eigenvalue weighted by Crippen LogP contribution is 2.30. The molecule has 7 nitrogen and oxygen atoms in total. The fraction of sp³-hybridized carbons (Fsp3) is 0.409. The second-order valence-corrected chi connectivity index (χ2v) is 6.22. The predicted molar refractivity (Wildman–Crippen MR) is 117 cm³/mol. The van der Waals surface area contributed by atoms with Gasteiger partial charge in [0, 0.05) is 25.3 Å². The summed E-state index contributed by atoms with van der Waals surface area (Å²) in [6.45, 7) is 3.36. The number of aliphatic imine (C=N–C) groups is 1. The molecule has 2 aromatic carbocycles. The van der Waals surface area contributed by atoms with Crippen LogP contribution in [0.4, 0.5) is 5.69 Å². The minimum absolute atomic E-state index is 0.611. The molecule has 158 valence electrons. The summed E-state index contributed by atoms with van der Waals surface area (Å²) >= 11 is 0. The normalized spacial score (nSPS) is 11.0. The van der Waals surface area contributed by atoms with E-state index in [1.54, 1.807) is 28.4 Å². The van der Waals surface area contributed by atoms with Crippen molar-refractivity contribution >= 4 is 11.6 Å². The molecule has 0 bridgehead atoms. The first-order valence-corrected chi connectivity index (χ1v) is 9.64. The Morgan fingerprint density at radius 1 is 0.897 bits per heavy atom. The van der Waals surface area contributed by atoms with Gasteiger partial charge in [-0.2, -0.15) is 0 Å². The van der Waals surface area contributed by atoms with Crippen molar-refractivity contribution in [3.8, 4) is 23.0 Å². The number of guanidine groups is 1. The first-order chi connectivity index (χ1) is 14.1. The molecule has 0 heterocycles. The molecule has 0 unspecified atom stereocenters. The maximum absolute atomic E-state index is 5.64. The molecule has 0 spiro atoms. The summed E-state index contributed by atoms with van der Waals surface area (Å²) in [7, 11) is 6.63. The van der Waals surface area contributed by atoms with E-state index in [9.17, 15) is 0 Å². The van der Waals surface area contributed by atoms with Crippen LogP contribution in [0.25, 0.3) is 0 Å². The minimum Gasteiger partial charge on any atom is -0.493 e. The molecule has 2 rings (SSSR count). The summed E-state index contributed by atoms with van der Waals surface area (Å²) in [5.41, 5.74) is 2.08. The van der Waals surface area contributed by atoms with Crippen LogP contribution in [-0.2, 0) is 6.42 Å². The lowest BCUT2D eigenvalue weighted by atomic mass is 10.1. The van der Waals surface area contributed by atoms with Crippen molar-refractivity contribution in [3.63, 3.8) is 0 Å². The fourth-order valence-corrected chi connectivity index (χ4v) is 2.87. The van der Waals surface area contributed by atoms with Crippen molar-refractivity contribution in [2.45, 2.75) is 19.8 Å². The number of rotatable bonds is 10. The second kappa shape index (κ2) is 11.7. The van der Waals surface area contributed by atoms with Gasteiger partial charge in [-0.25, -0.2) is 0 Å². The lowest BCUT2D eigenvalue weighted by Gasteiger charge is -2.14. The van der Waals surface area contributed by atoms with Crippen molar-refractivity contribution in [2.75, 3.05) is 46.8 Å². The molecule has 0 aromatic heterocycles. The molecule has 0 atom stereocenters. The van der Waals surface area contributed by atoms with Gasteiger partial charge in [0.25, 0.3) is 0 Å². The van der Waals surface area contributed by atoms with Gasteiger partial charge in [-0.15, -0.1) is 0 Å². The largest absolute Gasteiger partial charge is 0.493 e. The molecule has 2 N–H and O–H groups in total. The Balaban J connectivity index is 1.87. The molecule has 0 saturated carbocycles. The Labute approximate surface area is 173 Å². The SMILES string of the molecule is CCOc1cc(CCCNC(=NC)Nc2ccc(OC)c(OC)c2)ccc1OC. The van der Waals surface area contributed by atoms with Gasteiger partial charge in [0.1, 0.15) is 0 Å². The molecular formula is C22H31N3O4. The molecule has 0 radical (unpaired) electrons. The number of aryl methyl sites for hydroxylation is 1. The van der Waals surface area contributed by atoms with Crippen LogP contribution in [-0.4, -0.2) is 47.5 Å². The third-order valence-electron chi connectivity index (χ3n) is 4.33. The topological polar surface area (TPSA) is 73.3 Å². The minimum atomic E-state index is 0.611. The molecule has 0 aliphatic heterocycles. The maximum atomic E-state index is 5.64. The van der Waals surface area contributed by atoms with Gasteiger partial charge in [0.05, 0.1) is 27.9 Å². The zero-order chi connectivity index (χ0) is 21.1. The van der Waals surface area contributed by atoms with Gasteiger partial charge in [-0.1, -0.05) is 6.07 Å². The maximum Gasteiger partial charge on any atom is 0.195 e. The molecule has 0 saturated heterocycles.